The van der Waals surface area contributed by atoms with E-state index in [4.69, 9.17) is 4.74 Å². The molecule has 0 aliphatic heterocycles. The minimum atomic E-state index is -0.658. The number of hydrogen-bond acceptors (Lipinski definition) is 4. The second-order valence-corrected chi connectivity index (χ2v) is 4.94. The van der Waals surface area contributed by atoms with Crippen LogP contribution in [0.4, 0.5) is 4.39 Å². The molecule has 2 aromatic rings. The van der Waals surface area contributed by atoms with E-state index >= 15 is 0 Å². The first-order valence-corrected chi connectivity index (χ1v) is 6.84. The molecule has 0 saturated carbocycles. The van der Waals surface area contributed by atoms with Crippen LogP contribution in [0, 0.1) is 19.7 Å². The van der Waals surface area contributed by atoms with Gasteiger partial charge in [-0.05, 0) is 38.1 Å². The highest BCUT2D eigenvalue weighted by Gasteiger charge is 2.12. The number of hydrogen-bond donors (Lipinski definition) is 2. The van der Waals surface area contributed by atoms with E-state index in [1.165, 1.54) is 23.9 Å². The summed E-state index contributed by atoms with van der Waals surface area (Å²) < 4.78 is 19.8. The van der Waals surface area contributed by atoms with Crippen molar-refractivity contribution in [2.75, 3.05) is 7.11 Å². The molecule has 2 N–H and O–H groups in total. The van der Waals surface area contributed by atoms with E-state index in [2.05, 4.69) is 16.0 Å². The highest BCUT2D eigenvalue weighted by molar-refractivity contribution is 5.95. The van der Waals surface area contributed by atoms with Gasteiger partial charge < -0.3 is 4.74 Å². The van der Waals surface area contributed by atoms with Crippen molar-refractivity contribution in [1.29, 1.82) is 0 Å². The third-order valence-corrected chi connectivity index (χ3v) is 3.13. The molecule has 1 aromatic carbocycles. The van der Waals surface area contributed by atoms with Crippen molar-refractivity contribution in [3.05, 3.63) is 47.0 Å². The van der Waals surface area contributed by atoms with Gasteiger partial charge in [0.05, 0.1) is 12.8 Å². The first kappa shape index (κ1) is 16.5. The summed E-state index contributed by atoms with van der Waals surface area (Å²) in [6, 6.07) is 5.60. The normalized spacial score (nSPS) is 10.3. The molecule has 0 saturated heterocycles. The van der Waals surface area contributed by atoms with E-state index in [1.807, 2.05) is 19.9 Å². The van der Waals surface area contributed by atoms with E-state index < -0.39 is 17.6 Å². The number of amides is 2. The van der Waals surface area contributed by atoms with Gasteiger partial charge in [0.2, 0.25) is 0 Å². The van der Waals surface area contributed by atoms with E-state index in [0.717, 1.165) is 17.5 Å². The zero-order chi connectivity index (χ0) is 17.0. The van der Waals surface area contributed by atoms with E-state index in [-0.39, 0.29) is 17.9 Å². The van der Waals surface area contributed by atoms with Gasteiger partial charge in [0.1, 0.15) is 6.54 Å². The standard InChI is InChI=1S/C15H17FN4O3/c1-9-6-10(2)20(19-9)8-14(21)17-18-15(22)11-4-5-13(23-3)12(16)7-11/h4-7H,8H2,1-3H3,(H,17,21)(H,18,22). The molecule has 2 rings (SSSR count). The summed E-state index contributed by atoms with van der Waals surface area (Å²) in [7, 11) is 1.33. The molecule has 0 aliphatic rings. The molecule has 23 heavy (non-hydrogen) atoms. The third kappa shape index (κ3) is 4.06. The van der Waals surface area contributed by atoms with Crippen molar-refractivity contribution in [2.45, 2.75) is 20.4 Å². The van der Waals surface area contributed by atoms with Crippen molar-refractivity contribution < 1.29 is 18.7 Å². The minimum absolute atomic E-state index is 0.0308. The molecule has 0 atom stereocenters. The second kappa shape index (κ2) is 6.91. The van der Waals surface area contributed by atoms with Crippen LogP contribution in [0.1, 0.15) is 21.7 Å². The van der Waals surface area contributed by atoms with Gasteiger partial charge in [-0.15, -0.1) is 0 Å². The molecule has 0 radical (unpaired) electrons. The van der Waals surface area contributed by atoms with Crippen molar-refractivity contribution in [1.82, 2.24) is 20.6 Å². The minimum Gasteiger partial charge on any atom is -0.494 e. The van der Waals surface area contributed by atoms with E-state index in [0.29, 0.717) is 0 Å². The van der Waals surface area contributed by atoms with Crippen LogP contribution < -0.4 is 15.6 Å². The Morgan fingerprint density at radius 1 is 1.26 bits per heavy atom. The second-order valence-electron chi connectivity index (χ2n) is 4.94. The fourth-order valence-electron chi connectivity index (χ4n) is 2.02. The highest BCUT2D eigenvalue weighted by Crippen LogP contribution is 2.17. The number of benzene rings is 1. The molecule has 0 aliphatic carbocycles. The number of aryl methyl sites for hydroxylation is 2. The Morgan fingerprint density at radius 2 is 2.00 bits per heavy atom. The lowest BCUT2D eigenvalue weighted by Gasteiger charge is -2.09. The molecule has 7 nitrogen and oxygen atoms in total. The topological polar surface area (TPSA) is 85.3 Å². The molecule has 2 amide bonds. The number of halogens is 1. The summed E-state index contributed by atoms with van der Waals surface area (Å²) in [4.78, 5) is 23.7. The SMILES string of the molecule is COc1ccc(C(=O)NNC(=O)Cn2nc(C)cc2C)cc1F. The molecule has 1 aromatic heterocycles. The van der Waals surface area contributed by atoms with E-state index in [1.54, 1.807) is 0 Å². The Bertz CT molecular complexity index is 742. The lowest BCUT2D eigenvalue weighted by Crippen LogP contribution is -2.43. The fraction of sp³-hybridized carbons (Fsp3) is 0.267. The largest absolute Gasteiger partial charge is 0.494 e. The maximum Gasteiger partial charge on any atom is 0.269 e. The number of hydrazine groups is 1. The summed E-state index contributed by atoms with van der Waals surface area (Å²) >= 11 is 0. The number of aromatic nitrogens is 2. The van der Waals surface area contributed by atoms with Gasteiger partial charge in [-0.2, -0.15) is 5.10 Å². The summed E-state index contributed by atoms with van der Waals surface area (Å²) in [6.07, 6.45) is 0. The van der Waals surface area contributed by atoms with Crippen molar-refractivity contribution in [2.24, 2.45) is 0 Å². The smallest absolute Gasteiger partial charge is 0.269 e. The molecule has 122 valence electrons. The monoisotopic (exact) mass is 320 g/mol. The van der Waals surface area contributed by atoms with E-state index in [9.17, 15) is 14.0 Å². The lowest BCUT2D eigenvalue weighted by atomic mass is 10.2. The number of rotatable bonds is 4. The first-order valence-electron chi connectivity index (χ1n) is 6.84. The molecule has 0 fully saturated rings. The summed E-state index contributed by atoms with van der Waals surface area (Å²) in [6.45, 7) is 3.62. The predicted octanol–water partition coefficient (Wildman–Crippen LogP) is 1.11. The Hall–Kier alpha value is -2.90. The van der Waals surface area contributed by atoms with Gasteiger partial charge in [0.25, 0.3) is 11.8 Å². The van der Waals surface area contributed by atoms with Gasteiger partial charge in [-0.25, -0.2) is 4.39 Å². The quantitative estimate of drug-likeness (QED) is 0.827. The number of nitrogens with one attached hydrogen (secondary N) is 2. The van der Waals surface area contributed by atoms with Crippen LogP contribution in [0.5, 0.6) is 5.75 Å². The highest BCUT2D eigenvalue weighted by atomic mass is 19.1. The van der Waals surface area contributed by atoms with Crippen LogP contribution in [0.25, 0.3) is 0 Å². The number of ether oxygens (including phenoxy) is 1. The van der Waals surface area contributed by atoms with Crippen molar-refractivity contribution in [3.63, 3.8) is 0 Å². The predicted molar refractivity (Wildman–Crippen MR) is 80.3 cm³/mol. The fourth-order valence-corrected chi connectivity index (χ4v) is 2.02. The molecular weight excluding hydrogens is 303 g/mol. The Balaban J connectivity index is 1.92. The molecule has 0 spiro atoms. The van der Waals surface area contributed by atoms with Gasteiger partial charge in [-0.3, -0.25) is 25.1 Å². The summed E-state index contributed by atoms with van der Waals surface area (Å²) in [5.41, 5.74) is 6.18. The van der Waals surface area contributed by atoms with Crippen LogP contribution in [0.2, 0.25) is 0 Å². The van der Waals surface area contributed by atoms with Crippen molar-refractivity contribution >= 4 is 11.8 Å². The molecule has 1 heterocycles. The summed E-state index contributed by atoms with van der Waals surface area (Å²) in [5.74, 6) is -1.70. The Labute approximate surface area is 132 Å². The molecule has 0 bridgehead atoms. The van der Waals surface area contributed by atoms with Crippen LogP contribution in [0.3, 0.4) is 0 Å². The molecule has 0 unspecified atom stereocenters. The average molecular weight is 320 g/mol. The van der Waals surface area contributed by atoms with Crippen LogP contribution >= 0.6 is 0 Å². The lowest BCUT2D eigenvalue weighted by molar-refractivity contribution is -0.122. The van der Waals surface area contributed by atoms with Gasteiger partial charge in [0, 0.05) is 11.3 Å². The van der Waals surface area contributed by atoms with Gasteiger partial charge in [-0.1, -0.05) is 0 Å². The Kier molecular flexibility index (Phi) is 4.95. The van der Waals surface area contributed by atoms with Gasteiger partial charge >= 0.3 is 0 Å². The molecule has 8 heteroatoms. The summed E-state index contributed by atoms with van der Waals surface area (Å²) in [5, 5.41) is 4.15. The number of carbonyl (C=O) groups excluding carboxylic acids is 2. The van der Waals surface area contributed by atoms with Crippen LogP contribution in [-0.4, -0.2) is 28.7 Å². The zero-order valence-electron chi connectivity index (χ0n) is 13.0. The zero-order valence-corrected chi connectivity index (χ0v) is 13.0. The maximum absolute atomic E-state index is 13.5. The average Bonchev–Trinajstić information content (AvgIpc) is 2.82. The number of methoxy groups -OCH3 is 1. The number of carbonyl (C=O) groups is 2. The maximum atomic E-state index is 13.5. The van der Waals surface area contributed by atoms with Crippen LogP contribution in [-0.2, 0) is 11.3 Å². The first-order chi connectivity index (χ1) is 10.9. The number of nitrogens with zero attached hydrogens (tertiary/aromatic N) is 2. The van der Waals surface area contributed by atoms with Crippen LogP contribution in [0.15, 0.2) is 24.3 Å². The van der Waals surface area contributed by atoms with Crippen molar-refractivity contribution in [3.8, 4) is 5.75 Å². The third-order valence-electron chi connectivity index (χ3n) is 3.13. The van der Waals surface area contributed by atoms with Gasteiger partial charge in [0.15, 0.2) is 11.6 Å². The molecular formula is C15H17FN4O3. The Morgan fingerprint density at radius 3 is 2.57 bits per heavy atom.